The monoisotopic (exact) mass is 192 g/mol. The summed E-state index contributed by atoms with van der Waals surface area (Å²) in [7, 11) is 0. The van der Waals surface area contributed by atoms with E-state index in [4.69, 9.17) is 17.0 Å². The molecule has 0 aliphatic rings. The van der Waals surface area contributed by atoms with Gasteiger partial charge in [0.2, 0.25) is 11.8 Å². The molecule has 0 unspecified atom stereocenters. The average molecular weight is 192 g/mol. The van der Waals surface area contributed by atoms with Gasteiger partial charge in [-0.2, -0.15) is 4.98 Å². The molecule has 5 heteroatoms. The standard InChI is InChI=1S/C9H12N4O/c1-4-9(2,3)14-7-5-6-11-8(12-7)13-10/h1,5-6H,10H2,2-3H3,(H,11,12,13). The van der Waals surface area contributed by atoms with Crippen LogP contribution in [0.25, 0.3) is 0 Å². The van der Waals surface area contributed by atoms with Gasteiger partial charge in [-0.05, 0) is 13.8 Å². The normalized spacial score (nSPS) is 10.4. The Morgan fingerprint density at radius 2 is 2.36 bits per heavy atom. The fraction of sp³-hybridized carbons (Fsp3) is 0.333. The molecule has 0 bridgehead atoms. The molecular weight excluding hydrogens is 180 g/mol. The molecule has 0 saturated carbocycles. The summed E-state index contributed by atoms with van der Waals surface area (Å²) < 4.78 is 5.41. The number of hydrogen-bond donors (Lipinski definition) is 2. The highest BCUT2D eigenvalue weighted by atomic mass is 16.5. The SMILES string of the molecule is C#CC(C)(C)Oc1ccnc(NN)n1. The number of nitrogens with two attached hydrogens (primary N) is 1. The Hall–Kier alpha value is -1.80. The molecule has 74 valence electrons. The third-order valence-electron chi connectivity index (χ3n) is 1.47. The predicted molar refractivity (Wildman–Crippen MR) is 53.4 cm³/mol. The van der Waals surface area contributed by atoms with E-state index in [1.54, 1.807) is 19.9 Å². The van der Waals surface area contributed by atoms with Gasteiger partial charge in [-0.15, -0.1) is 6.42 Å². The molecular formula is C9H12N4O. The summed E-state index contributed by atoms with van der Waals surface area (Å²) in [6.07, 6.45) is 6.80. The summed E-state index contributed by atoms with van der Waals surface area (Å²) in [6, 6.07) is 1.61. The fourth-order valence-corrected chi connectivity index (χ4v) is 0.759. The molecule has 0 atom stereocenters. The van der Waals surface area contributed by atoms with Crippen molar-refractivity contribution in [2.45, 2.75) is 19.4 Å². The van der Waals surface area contributed by atoms with Gasteiger partial charge in [-0.3, -0.25) is 5.43 Å². The average Bonchev–Trinajstić information content (AvgIpc) is 2.17. The third-order valence-corrected chi connectivity index (χ3v) is 1.47. The zero-order valence-electron chi connectivity index (χ0n) is 8.11. The molecule has 0 spiro atoms. The Balaban J connectivity index is 2.83. The fourth-order valence-electron chi connectivity index (χ4n) is 0.759. The Morgan fingerprint density at radius 3 is 2.93 bits per heavy atom. The lowest BCUT2D eigenvalue weighted by Crippen LogP contribution is -2.26. The van der Waals surface area contributed by atoms with Crippen molar-refractivity contribution in [2.24, 2.45) is 5.84 Å². The van der Waals surface area contributed by atoms with Crippen LogP contribution in [0.3, 0.4) is 0 Å². The van der Waals surface area contributed by atoms with Crippen molar-refractivity contribution in [1.29, 1.82) is 0 Å². The number of aromatic nitrogens is 2. The van der Waals surface area contributed by atoms with Gasteiger partial charge < -0.3 is 4.74 Å². The zero-order valence-corrected chi connectivity index (χ0v) is 8.11. The number of rotatable bonds is 3. The van der Waals surface area contributed by atoms with Crippen LogP contribution in [0.15, 0.2) is 12.3 Å². The molecule has 0 aliphatic carbocycles. The van der Waals surface area contributed by atoms with Crippen LogP contribution in [0.2, 0.25) is 0 Å². The van der Waals surface area contributed by atoms with E-state index >= 15 is 0 Å². The van der Waals surface area contributed by atoms with Crippen molar-refractivity contribution in [1.82, 2.24) is 9.97 Å². The summed E-state index contributed by atoms with van der Waals surface area (Å²) in [5.74, 6) is 8.31. The van der Waals surface area contributed by atoms with Crippen LogP contribution in [0.1, 0.15) is 13.8 Å². The topological polar surface area (TPSA) is 73.1 Å². The second-order valence-electron chi connectivity index (χ2n) is 3.12. The van der Waals surface area contributed by atoms with Crippen molar-refractivity contribution >= 4 is 5.95 Å². The van der Waals surface area contributed by atoms with Crippen LogP contribution in [0.5, 0.6) is 5.88 Å². The van der Waals surface area contributed by atoms with Crippen LogP contribution in [0, 0.1) is 12.3 Å². The van der Waals surface area contributed by atoms with Gasteiger partial charge in [0.1, 0.15) is 0 Å². The minimum absolute atomic E-state index is 0.287. The number of terminal acetylenes is 1. The molecule has 0 saturated heterocycles. The maximum atomic E-state index is 5.41. The van der Waals surface area contributed by atoms with E-state index in [-0.39, 0.29) is 5.95 Å². The Labute approximate surface area is 82.7 Å². The lowest BCUT2D eigenvalue weighted by atomic mass is 10.1. The number of nitrogen functional groups attached to an aromatic ring is 1. The van der Waals surface area contributed by atoms with Crippen molar-refractivity contribution in [3.8, 4) is 18.2 Å². The first-order valence-electron chi connectivity index (χ1n) is 4.04. The first-order valence-corrected chi connectivity index (χ1v) is 4.04. The van der Waals surface area contributed by atoms with Gasteiger partial charge in [0.25, 0.3) is 0 Å². The van der Waals surface area contributed by atoms with Crippen molar-refractivity contribution in [2.75, 3.05) is 5.43 Å². The lowest BCUT2D eigenvalue weighted by Gasteiger charge is -2.19. The van der Waals surface area contributed by atoms with E-state index in [0.717, 1.165) is 0 Å². The van der Waals surface area contributed by atoms with Crippen molar-refractivity contribution in [3.05, 3.63) is 12.3 Å². The predicted octanol–water partition coefficient (Wildman–Crippen LogP) is 0.553. The molecule has 1 aromatic heterocycles. The van der Waals surface area contributed by atoms with E-state index in [1.165, 1.54) is 6.20 Å². The maximum absolute atomic E-state index is 5.41. The van der Waals surface area contributed by atoms with E-state index in [9.17, 15) is 0 Å². The molecule has 14 heavy (non-hydrogen) atoms. The maximum Gasteiger partial charge on any atom is 0.240 e. The number of anilines is 1. The minimum atomic E-state index is -0.694. The second-order valence-corrected chi connectivity index (χ2v) is 3.12. The molecule has 3 N–H and O–H groups in total. The molecule has 0 aromatic carbocycles. The summed E-state index contributed by atoms with van der Waals surface area (Å²) in [5, 5.41) is 0. The van der Waals surface area contributed by atoms with Crippen LogP contribution in [-0.2, 0) is 0 Å². The first-order chi connectivity index (χ1) is 6.57. The zero-order chi connectivity index (χ0) is 10.6. The summed E-state index contributed by atoms with van der Waals surface area (Å²) in [5.41, 5.74) is 1.62. The highest BCUT2D eigenvalue weighted by Gasteiger charge is 2.16. The minimum Gasteiger partial charge on any atom is -0.458 e. The molecule has 0 fully saturated rings. The van der Waals surface area contributed by atoms with Gasteiger partial charge in [0.15, 0.2) is 5.60 Å². The number of nitrogens with zero attached hydrogens (tertiary/aromatic N) is 2. The van der Waals surface area contributed by atoms with Crippen LogP contribution in [-0.4, -0.2) is 15.6 Å². The van der Waals surface area contributed by atoms with Crippen molar-refractivity contribution in [3.63, 3.8) is 0 Å². The quantitative estimate of drug-likeness (QED) is 0.415. The van der Waals surface area contributed by atoms with E-state index in [1.807, 2.05) is 0 Å². The van der Waals surface area contributed by atoms with Gasteiger partial charge >= 0.3 is 0 Å². The second kappa shape index (κ2) is 3.94. The Kier molecular flexibility index (Phi) is 2.89. The number of hydrogen-bond acceptors (Lipinski definition) is 5. The molecule has 0 amide bonds. The Morgan fingerprint density at radius 1 is 1.64 bits per heavy atom. The van der Waals surface area contributed by atoms with Gasteiger partial charge in [0.05, 0.1) is 0 Å². The van der Waals surface area contributed by atoms with Gasteiger partial charge in [-0.25, -0.2) is 10.8 Å². The molecule has 0 radical (unpaired) electrons. The number of nitrogens with one attached hydrogen (secondary N) is 1. The summed E-state index contributed by atoms with van der Waals surface area (Å²) >= 11 is 0. The highest BCUT2D eigenvalue weighted by molar-refractivity contribution is 5.26. The van der Waals surface area contributed by atoms with Crippen molar-refractivity contribution < 1.29 is 4.74 Å². The lowest BCUT2D eigenvalue weighted by molar-refractivity contribution is 0.164. The molecule has 0 aliphatic heterocycles. The smallest absolute Gasteiger partial charge is 0.240 e. The van der Waals surface area contributed by atoms with Crippen LogP contribution < -0.4 is 16.0 Å². The van der Waals surface area contributed by atoms with Gasteiger partial charge in [0, 0.05) is 12.3 Å². The first kappa shape index (κ1) is 10.3. The summed E-state index contributed by atoms with van der Waals surface area (Å²) in [6.45, 7) is 3.54. The van der Waals surface area contributed by atoms with E-state index < -0.39 is 5.60 Å². The molecule has 1 aromatic rings. The third kappa shape index (κ3) is 2.61. The van der Waals surface area contributed by atoms with E-state index in [0.29, 0.717) is 5.88 Å². The highest BCUT2D eigenvalue weighted by Crippen LogP contribution is 2.15. The molecule has 1 rings (SSSR count). The van der Waals surface area contributed by atoms with Gasteiger partial charge in [-0.1, -0.05) is 5.92 Å². The number of hydrazine groups is 1. The largest absolute Gasteiger partial charge is 0.458 e. The van der Waals surface area contributed by atoms with Crippen LogP contribution in [0.4, 0.5) is 5.95 Å². The summed E-state index contributed by atoms with van der Waals surface area (Å²) in [4.78, 5) is 7.79. The van der Waals surface area contributed by atoms with Crippen LogP contribution >= 0.6 is 0 Å². The molecule has 5 nitrogen and oxygen atoms in total. The molecule has 1 heterocycles. The van der Waals surface area contributed by atoms with E-state index in [2.05, 4.69) is 21.3 Å². The number of ether oxygens (including phenoxy) is 1. The Bertz CT molecular complexity index is 356.